The largest absolute Gasteiger partial charge is 0.327 e. The molecule has 0 aromatic carbocycles. The molecule has 3 heteroatoms. The third-order valence-corrected chi connectivity index (χ3v) is 1.25. The van der Waals surface area contributed by atoms with Crippen LogP contribution in [0.3, 0.4) is 0 Å². The summed E-state index contributed by atoms with van der Waals surface area (Å²) in [6, 6.07) is 0. The van der Waals surface area contributed by atoms with Crippen molar-refractivity contribution >= 4 is 6.08 Å². The first kappa shape index (κ1) is 7.88. The molecule has 1 aromatic heterocycles. The van der Waals surface area contributed by atoms with E-state index in [0.717, 1.165) is 11.4 Å². The summed E-state index contributed by atoms with van der Waals surface area (Å²) in [7, 11) is 0. The molecule has 58 valence electrons. The highest BCUT2D eigenvalue weighted by molar-refractivity contribution is 5.46. The minimum Gasteiger partial charge on any atom is -0.327 e. The molecule has 0 fully saturated rings. The maximum Gasteiger partial charge on any atom is 0.125 e. The van der Waals surface area contributed by atoms with Crippen LogP contribution in [0.1, 0.15) is 11.4 Å². The highest BCUT2D eigenvalue weighted by atomic mass is 14.8. The number of hydrogen-bond donors (Lipinski definition) is 1. The molecule has 0 saturated heterocycles. The van der Waals surface area contributed by atoms with E-state index in [0.29, 0.717) is 6.54 Å². The van der Waals surface area contributed by atoms with E-state index in [9.17, 15) is 0 Å². The van der Waals surface area contributed by atoms with Crippen LogP contribution in [-0.4, -0.2) is 16.5 Å². The molecule has 0 atom stereocenters. The quantitative estimate of drug-likeness (QED) is 0.675. The van der Waals surface area contributed by atoms with Gasteiger partial charge in [0, 0.05) is 24.5 Å². The van der Waals surface area contributed by atoms with E-state index in [-0.39, 0.29) is 0 Å². The zero-order valence-corrected chi connectivity index (χ0v) is 6.49. The molecule has 0 saturated carbocycles. The van der Waals surface area contributed by atoms with Crippen molar-refractivity contribution in [2.75, 3.05) is 6.54 Å². The van der Waals surface area contributed by atoms with Gasteiger partial charge in [0.1, 0.15) is 5.82 Å². The third-order valence-electron chi connectivity index (χ3n) is 1.25. The van der Waals surface area contributed by atoms with Crippen LogP contribution in [0.2, 0.25) is 0 Å². The molecule has 11 heavy (non-hydrogen) atoms. The smallest absolute Gasteiger partial charge is 0.125 e. The topological polar surface area (TPSA) is 51.8 Å². The van der Waals surface area contributed by atoms with Crippen LogP contribution in [0, 0.1) is 6.92 Å². The lowest BCUT2D eigenvalue weighted by molar-refractivity contribution is 1.05. The summed E-state index contributed by atoms with van der Waals surface area (Å²) in [6.45, 7) is 2.41. The van der Waals surface area contributed by atoms with Crippen molar-refractivity contribution in [2.45, 2.75) is 6.92 Å². The van der Waals surface area contributed by atoms with Crippen molar-refractivity contribution < 1.29 is 0 Å². The number of hydrogen-bond acceptors (Lipinski definition) is 3. The van der Waals surface area contributed by atoms with E-state index in [2.05, 4.69) is 9.97 Å². The molecule has 0 spiro atoms. The molecule has 0 aliphatic carbocycles. The average molecular weight is 149 g/mol. The Kier molecular flexibility index (Phi) is 2.74. The molecule has 1 rings (SSSR count). The Labute approximate surface area is 66.0 Å². The SMILES string of the molecule is Cc1ncc(C=CCN)cn1. The van der Waals surface area contributed by atoms with Crippen LogP contribution in [0.25, 0.3) is 6.08 Å². The predicted molar refractivity (Wildman–Crippen MR) is 44.9 cm³/mol. The monoisotopic (exact) mass is 149 g/mol. The van der Waals surface area contributed by atoms with Gasteiger partial charge in [-0.05, 0) is 6.92 Å². The zero-order valence-electron chi connectivity index (χ0n) is 6.49. The van der Waals surface area contributed by atoms with E-state index >= 15 is 0 Å². The molecular formula is C8H11N3. The molecule has 0 amide bonds. The molecule has 0 aliphatic heterocycles. The first-order valence-corrected chi connectivity index (χ1v) is 3.48. The fourth-order valence-corrected chi connectivity index (χ4v) is 0.693. The summed E-state index contributed by atoms with van der Waals surface area (Å²) in [5, 5.41) is 0. The van der Waals surface area contributed by atoms with Gasteiger partial charge in [-0.3, -0.25) is 0 Å². The summed E-state index contributed by atoms with van der Waals surface area (Å²) in [4.78, 5) is 8.06. The Bertz CT molecular complexity index is 238. The van der Waals surface area contributed by atoms with Gasteiger partial charge in [0.2, 0.25) is 0 Å². The molecule has 0 unspecified atom stereocenters. The summed E-state index contributed by atoms with van der Waals surface area (Å²) in [5.41, 5.74) is 6.27. The second-order valence-electron chi connectivity index (χ2n) is 2.20. The Morgan fingerprint density at radius 2 is 2.09 bits per heavy atom. The first-order chi connectivity index (χ1) is 5.33. The Balaban J connectivity index is 2.73. The molecule has 2 N–H and O–H groups in total. The average Bonchev–Trinajstić information content (AvgIpc) is 2.04. The number of nitrogens with two attached hydrogens (primary N) is 1. The van der Waals surface area contributed by atoms with Crippen LogP contribution in [0.15, 0.2) is 18.5 Å². The van der Waals surface area contributed by atoms with Crippen LogP contribution >= 0.6 is 0 Å². The lowest BCUT2D eigenvalue weighted by Gasteiger charge is -1.91. The Morgan fingerprint density at radius 1 is 1.45 bits per heavy atom. The summed E-state index contributed by atoms with van der Waals surface area (Å²) in [5.74, 6) is 0.787. The van der Waals surface area contributed by atoms with Crippen LogP contribution in [-0.2, 0) is 0 Å². The van der Waals surface area contributed by atoms with Crippen molar-refractivity contribution in [1.29, 1.82) is 0 Å². The molecule has 1 heterocycles. The lowest BCUT2D eigenvalue weighted by atomic mass is 10.3. The second-order valence-corrected chi connectivity index (χ2v) is 2.20. The molecule has 3 nitrogen and oxygen atoms in total. The molecule has 0 radical (unpaired) electrons. The standard InChI is InChI=1S/C8H11N3/c1-7-10-5-8(6-11-7)3-2-4-9/h2-3,5-6H,4,9H2,1H3. The Morgan fingerprint density at radius 3 is 2.64 bits per heavy atom. The molecular weight excluding hydrogens is 138 g/mol. The van der Waals surface area contributed by atoms with Gasteiger partial charge < -0.3 is 5.73 Å². The number of rotatable bonds is 2. The summed E-state index contributed by atoms with van der Waals surface area (Å²) >= 11 is 0. The number of nitrogens with zero attached hydrogens (tertiary/aromatic N) is 2. The fourth-order valence-electron chi connectivity index (χ4n) is 0.693. The highest BCUT2D eigenvalue weighted by Crippen LogP contribution is 1.96. The van der Waals surface area contributed by atoms with Gasteiger partial charge >= 0.3 is 0 Å². The van der Waals surface area contributed by atoms with Gasteiger partial charge in [-0.15, -0.1) is 0 Å². The number of aromatic nitrogens is 2. The van der Waals surface area contributed by atoms with Crippen LogP contribution < -0.4 is 5.73 Å². The first-order valence-electron chi connectivity index (χ1n) is 3.48. The van der Waals surface area contributed by atoms with E-state index < -0.39 is 0 Å². The van der Waals surface area contributed by atoms with Crippen LogP contribution in [0.5, 0.6) is 0 Å². The summed E-state index contributed by atoms with van der Waals surface area (Å²) in [6.07, 6.45) is 7.32. The fraction of sp³-hybridized carbons (Fsp3) is 0.250. The third kappa shape index (κ3) is 2.47. The van der Waals surface area contributed by atoms with Crippen molar-refractivity contribution in [3.8, 4) is 0 Å². The molecule has 1 aromatic rings. The van der Waals surface area contributed by atoms with Gasteiger partial charge in [0.05, 0.1) is 0 Å². The maximum atomic E-state index is 5.28. The van der Waals surface area contributed by atoms with E-state index in [1.807, 2.05) is 19.1 Å². The lowest BCUT2D eigenvalue weighted by Crippen LogP contribution is -1.92. The van der Waals surface area contributed by atoms with E-state index in [1.54, 1.807) is 12.4 Å². The van der Waals surface area contributed by atoms with Gasteiger partial charge in [-0.2, -0.15) is 0 Å². The van der Waals surface area contributed by atoms with Crippen molar-refractivity contribution in [3.05, 3.63) is 29.9 Å². The normalized spacial score (nSPS) is 10.7. The summed E-state index contributed by atoms with van der Waals surface area (Å²) < 4.78 is 0. The van der Waals surface area contributed by atoms with Gasteiger partial charge in [-0.1, -0.05) is 12.2 Å². The van der Waals surface area contributed by atoms with Crippen molar-refractivity contribution in [1.82, 2.24) is 9.97 Å². The van der Waals surface area contributed by atoms with Gasteiger partial charge in [0.15, 0.2) is 0 Å². The van der Waals surface area contributed by atoms with Crippen LogP contribution in [0.4, 0.5) is 0 Å². The molecule has 0 bridgehead atoms. The molecule has 0 aliphatic rings. The van der Waals surface area contributed by atoms with Gasteiger partial charge in [-0.25, -0.2) is 9.97 Å². The minimum absolute atomic E-state index is 0.549. The second kappa shape index (κ2) is 3.83. The maximum absolute atomic E-state index is 5.28. The number of aryl methyl sites for hydroxylation is 1. The highest BCUT2D eigenvalue weighted by Gasteiger charge is 1.86. The van der Waals surface area contributed by atoms with E-state index in [4.69, 9.17) is 5.73 Å². The zero-order chi connectivity index (χ0) is 8.10. The minimum atomic E-state index is 0.549. The Hall–Kier alpha value is -1.22. The predicted octanol–water partition coefficient (Wildman–Crippen LogP) is 0.757. The van der Waals surface area contributed by atoms with E-state index in [1.165, 1.54) is 0 Å². The van der Waals surface area contributed by atoms with Gasteiger partial charge in [0.25, 0.3) is 0 Å². The van der Waals surface area contributed by atoms with Crippen molar-refractivity contribution in [3.63, 3.8) is 0 Å². The van der Waals surface area contributed by atoms with Crippen molar-refractivity contribution in [2.24, 2.45) is 5.73 Å².